The van der Waals surface area contributed by atoms with Gasteiger partial charge in [0.15, 0.2) is 0 Å². The Balaban J connectivity index is 1.32. The third-order valence-corrected chi connectivity index (χ3v) is 12.5. The normalized spacial score (nSPS) is 12.0. The topological polar surface area (TPSA) is 26.8 Å². The van der Waals surface area contributed by atoms with Crippen LogP contribution in [0.5, 0.6) is 11.8 Å². The number of aryl methyl sites for hydroxylation is 2. The number of nitrogens with zero attached hydrogens (tertiary/aromatic N) is 4. The van der Waals surface area contributed by atoms with Gasteiger partial charge >= 0.3 is 11.8 Å². The van der Waals surface area contributed by atoms with Gasteiger partial charge in [0, 0.05) is 22.9 Å². The molecular weight excluding hydrogens is 721 g/mol. The van der Waals surface area contributed by atoms with Crippen molar-refractivity contribution in [1.82, 2.24) is 9.13 Å². The highest BCUT2D eigenvalue weighted by atomic mass is 16.5. The maximum atomic E-state index is 7.04. The Bertz CT molecular complexity index is 2620. The number of hydrogen-bond acceptors (Lipinski definition) is 1. The highest BCUT2D eigenvalue weighted by Gasteiger charge is 2.31. The fourth-order valence-corrected chi connectivity index (χ4v) is 9.34. The third-order valence-electron chi connectivity index (χ3n) is 12.5. The molecule has 5 heteroatoms. The summed E-state index contributed by atoms with van der Waals surface area (Å²) < 4.78 is 16.5. The van der Waals surface area contributed by atoms with Crippen LogP contribution in [0.3, 0.4) is 0 Å². The zero-order chi connectivity index (χ0) is 41.9. The lowest BCUT2D eigenvalue weighted by Gasteiger charge is -2.23. The molecule has 4 heterocycles. The quantitative estimate of drug-likeness (QED) is 0.127. The second kappa shape index (κ2) is 15.7. The summed E-state index contributed by atoms with van der Waals surface area (Å²) in [7, 11) is 4.26. The maximum Gasteiger partial charge on any atom is 0.377 e. The number of para-hydroxylation sites is 4. The Morgan fingerprint density at radius 2 is 0.729 bits per heavy atom. The largest absolute Gasteiger partial charge is 0.377 e. The van der Waals surface area contributed by atoms with Gasteiger partial charge in [0.05, 0.1) is 34.5 Å². The van der Waals surface area contributed by atoms with E-state index in [9.17, 15) is 0 Å². The second-order valence-corrected chi connectivity index (χ2v) is 17.6. The predicted molar refractivity (Wildman–Crippen MR) is 246 cm³/mol. The Hall–Kier alpha value is -5.94. The average molecular weight is 781 g/mol. The molecule has 0 spiro atoms. The number of pyridine rings is 2. The van der Waals surface area contributed by atoms with E-state index in [4.69, 9.17) is 4.74 Å². The molecule has 8 aromatic rings. The molecular formula is C54H60N4O+2. The van der Waals surface area contributed by atoms with Crippen molar-refractivity contribution >= 4 is 21.8 Å². The first kappa shape index (κ1) is 39.9. The molecule has 0 saturated carbocycles. The van der Waals surface area contributed by atoms with Crippen molar-refractivity contribution in [3.05, 3.63) is 155 Å². The van der Waals surface area contributed by atoms with E-state index in [0.29, 0.717) is 23.7 Å². The molecule has 0 aliphatic carbocycles. The molecule has 0 fully saturated rings. The van der Waals surface area contributed by atoms with Gasteiger partial charge in [0.2, 0.25) is 11.4 Å². The first-order chi connectivity index (χ1) is 28.3. The van der Waals surface area contributed by atoms with E-state index in [1.807, 2.05) is 0 Å². The van der Waals surface area contributed by atoms with Gasteiger partial charge in [-0.05, 0) is 95.2 Å². The number of ether oxygens (including phenoxy) is 1. The van der Waals surface area contributed by atoms with Crippen molar-refractivity contribution in [1.29, 1.82) is 0 Å². The van der Waals surface area contributed by atoms with Crippen LogP contribution >= 0.6 is 0 Å². The Morgan fingerprint density at radius 1 is 0.407 bits per heavy atom. The van der Waals surface area contributed by atoms with Crippen molar-refractivity contribution in [2.45, 2.75) is 92.9 Å². The summed E-state index contributed by atoms with van der Waals surface area (Å²) in [6, 6.07) is 44.2. The summed E-state index contributed by atoms with van der Waals surface area (Å²) in [5.74, 6) is 2.94. The van der Waals surface area contributed by atoms with Crippen molar-refractivity contribution in [3.63, 3.8) is 0 Å². The summed E-state index contributed by atoms with van der Waals surface area (Å²) in [6.07, 6.45) is 0. The van der Waals surface area contributed by atoms with Crippen LogP contribution in [0.1, 0.15) is 112 Å². The fraction of sp³-hybridized carbons (Fsp3) is 0.296. The lowest BCUT2D eigenvalue weighted by Crippen LogP contribution is -2.37. The standard InChI is InChI=1S/C54H60N4O/c1-33(2)39-23-17-24-40(34(3)4)53(39)57-45-27-15-13-21-43(45)37(9)51(57)47-29-19-31-49(55(47)11)59-50-32-20-30-48(56(50)12)52-38(10)44-22-14-16-28-46(44)58(52)54-41(35(5)6)25-18-26-42(54)36(7)8/h13-36H,1-12H3/q+2. The lowest BCUT2D eigenvalue weighted by atomic mass is 9.92. The van der Waals surface area contributed by atoms with Crippen molar-refractivity contribution in [3.8, 4) is 45.9 Å². The van der Waals surface area contributed by atoms with Gasteiger partial charge < -0.3 is 13.9 Å². The summed E-state index contributed by atoms with van der Waals surface area (Å²) in [6.45, 7) is 23.0. The van der Waals surface area contributed by atoms with Crippen LogP contribution in [-0.4, -0.2) is 9.13 Å². The number of rotatable bonds is 10. The van der Waals surface area contributed by atoms with E-state index < -0.39 is 0 Å². The fourth-order valence-electron chi connectivity index (χ4n) is 9.34. The number of fused-ring (bicyclic) bond motifs is 2. The van der Waals surface area contributed by atoms with Crippen LogP contribution in [0, 0.1) is 13.8 Å². The molecule has 4 aromatic heterocycles. The number of aromatic nitrogens is 4. The molecule has 0 unspecified atom stereocenters. The van der Waals surface area contributed by atoms with Gasteiger partial charge in [-0.2, -0.15) is 9.13 Å². The molecule has 0 aliphatic rings. The molecule has 300 valence electrons. The van der Waals surface area contributed by atoms with Gasteiger partial charge in [-0.25, -0.2) is 0 Å². The van der Waals surface area contributed by atoms with Gasteiger partial charge in [0.1, 0.15) is 25.5 Å². The minimum atomic E-state index is 0.354. The smallest absolute Gasteiger partial charge is 0.348 e. The lowest BCUT2D eigenvalue weighted by molar-refractivity contribution is -0.685. The van der Waals surface area contributed by atoms with Gasteiger partial charge in [-0.15, -0.1) is 0 Å². The number of hydrogen-bond donors (Lipinski definition) is 0. The highest BCUT2D eigenvalue weighted by Crippen LogP contribution is 2.42. The molecule has 0 amide bonds. The van der Waals surface area contributed by atoms with Crippen LogP contribution in [0.4, 0.5) is 0 Å². The van der Waals surface area contributed by atoms with E-state index in [-0.39, 0.29) is 0 Å². The van der Waals surface area contributed by atoms with E-state index in [1.54, 1.807) is 0 Å². The van der Waals surface area contributed by atoms with Crippen LogP contribution in [0.2, 0.25) is 0 Å². The Kier molecular flexibility index (Phi) is 10.6. The molecule has 0 atom stereocenters. The zero-order valence-corrected chi connectivity index (χ0v) is 37.1. The van der Waals surface area contributed by atoms with Crippen LogP contribution in [0.25, 0.3) is 56.0 Å². The van der Waals surface area contributed by atoms with Crippen molar-refractivity contribution < 1.29 is 13.9 Å². The van der Waals surface area contributed by atoms with Gasteiger partial charge in [-0.1, -0.05) is 128 Å². The van der Waals surface area contributed by atoms with Crippen molar-refractivity contribution in [2.24, 2.45) is 14.1 Å². The first-order valence-electron chi connectivity index (χ1n) is 21.4. The Morgan fingerprint density at radius 3 is 1.07 bits per heavy atom. The molecule has 8 rings (SSSR count). The van der Waals surface area contributed by atoms with Gasteiger partial charge in [-0.3, -0.25) is 0 Å². The van der Waals surface area contributed by atoms with E-state index in [2.05, 4.69) is 223 Å². The molecule has 0 saturated heterocycles. The highest BCUT2D eigenvalue weighted by molar-refractivity contribution is 5.94. The average Bonchev–Trinajstić information content (AvgIpc) is 3.68. The van der Waals surface area contributed by atoms with E-state index >= 15 is 0 Å². The third kappa shape index (κ3) is 6.65. The summed E-state index contributed by atoms with van der Waals surface area (Å²) >= 11 is 0. The van der Waals surface area contributed by atoms with Crippen LogP contribution < -0.4 is 13.9 Å². The molecule has 0 radical (unpaired) electrons. The van der Waals surface area contributed by atoms with Crippen LogP contribution in [-0.2, 0) is 14.1 Å². The molecule has 59 heavy (non-hydrogen) atoms. The molecule has 5 nitrogen and oxygen atoms in total. The maximum absolute atomic E-state index is 7.04. The summed E-state index contributed by atoms with van der Waals surface area (Å²) in [5, 5.41) is 2.51. The second-order valence-electron chi connectivity index (χ2n) is 17.6. The van der Waals surface area contributed by atoms with E-state index in [0.717, 1.165) is 23.1 Å². The summed E-state index contributed by atoms with van der Waals surface area (Å²) in [5.41, 5.74) is 17.4. The SMILES string of the molecule is Cc1c(-c2cccc(Oc3cccc(-c4c(C)c5ccccc5n4-c4c(C(C)C)cccc4C(C)C)[n+]3C)[n+]2C)n(-c2c(C(C)C)cccc2C(C)C)c2ccccc12. The van der Waals surface area contributed by atoms with E-state index in [1.165, 1.54) is 77.9 Å². The van der Waals surface area contributed by atoms with Crippen molar-refractivity contribution in [2.75, 3.05) is 0 Å². The molecule has 0 bridgehead atoms. The molecule has 0 N–H and O–H groups in total. The molecule has 4 aromatic carbocycles. The molecule has 0 aliphatic heterocycles. The first-order valence-corrected chi connectivity index (χ1v) is 21.4. The van der Waals surface area contributed by atoms with Gasteiger partial charge in [0.25, 0.3) is 0 Å². The predicted octanol–water partition coefficient (Wildman–Crippen LogP) is 13.5. The minimum Gasteiger partial charge on any atom is -0.348 e. The Labute approximate surface area is 351 Å². The minimum absolute atomic E-state index is 0.354. The number of benzene rings is 4. The summed E-state index contributed by atoms with van der Waals surface area (Å²) in [4.78, 5) is 0. The zero-order valence-electron chi connectivity index (χ0n) is 37.1. The monoisotopic (exact) mass is 780 g/mol. The van der Waals surface area contributed by atoms with Crippen LogP contribution in [0.15, 0.2) is 121 Å².